The Morgan fingerprint density at radius 2 is 1.85 bits per heavy atom. The molecular weight excluding hydrogens is 330 g/mol. The van der Waals surface area contributed by atoms with E-state index in [9.17, 15) is 10.1 Å². The van der Waals surface area contributed by atoms with Gasteiger partial charge in [0.05, 0.1) is 17.1 Å². The van der Waals surface area contributed by atoms with Gasteiger partial charge < -0.3 is 9.64 Å². The molecule has 2 heterocycles. The molecule has 0 aromatic heterocycles. The summed E-state index contributed by atoms with van der Waals surface area (Å²) in [6, 6.07) is 5.21. The van der Waals surface area contributed by atoms with Crippen LogP contribution in [0.25, 0.3) is 0 Å². The fraction of sp³-hybridized carbons (Fsp3) is 0.700. The van der Waals surface area contributed by atoms with Crippen molar-refractivity contribution in [3.63, 3.8) is 0 Å². The first-order chi connectivity index (χ1) is 12.4. The Morgan fingerprint density at radius 1 is 1.19 bits per heavy atom. The largest absolute Gasteiger partial charge is 0.373 e. The molecule has 2 fully saturated rings. The van der Waals surface area contributed by atoms with E-state index >= 15 is 0 Å². The van der Waals surface area contributed by atoms with Gasteiger partial charge in [-0.15, -0.1) is 0 Å². The van der Waals surface area contributed by atoms with Crippen molar-refractivity contribution < 1.29 is 9.66 Å². The van der Waals surface area contributed by atoms with Crippen molar-refractivity contribution in [2.75, 3.05) is 37.6 Å². The first-order valence-corrected chi connectivity index (χ1v) is 9.80. The highest BCUT2D eigenvalue weighted by molar-refractivity contribution is 5.57. The first kappa shape index (κ1) is 19.1. The second kappa shape index (κ2) is 8.35. The number of anilines is 1. The summed E-state index contributed by atoms with van der Waals surface area (Å²) in [6.45, 7) is 11.6. The van der Waals surface area contributed by atoms with Crippen LogP contribution in [0.5, 0.6) is 0 Å². The average molecular weight is 361 g/mol. The number of aryl methyl sites for hydroxylation is 1. The highest BCUT2D eigenvalue weighted by atomic mass is 16.6. The van der Waals surface area contributed by atoms with E-state index in [2.05, 4.69) is 23.6 Å². The van der Waals surface area contributed by atoms with Crippen LogP contribution in [0, 0.1) is 23.0 Å². The molecule has 3 rings (SSSR count). The maximum atomic E-state index is 10.9. The van der Waals surface area contributed by atoms with E-state index < -0.39 is 0 Å². The number of benzene rings is 1. The molecule has 2 aliphatic rings. The molecule has 2 saturated heterocycles. The Kier molecular flexibility index (Phi) is 6.14. The predicted molar refractivity (Wildman–Crippen MR) is 104 cm³/mol. The van der Waals surface area contributed by atoms with Gasteiger partial charge in [0, 0.05) is 44.0 Å². The summed E-state index contributed by atoms with van der Waals surface area (Å²) in [5.41, 5.74) is 2.31. The smallest absolute Gasteiger partial charge is 0.269 e. The lowest BCUT2D eigenvalue weighted by molar-refractivity contribution is -0.384. The molecule has 0 radical (unpaired) electrons. The van der Waals surface area contributed by atoms with Crippen molar-refractivity contribution in [1.82, 2.24) is 4.90 Å². The van der Waals surface area contributed by atoms with Crippen LogP contribution < -0.4 is 4.90 Å². The summed E-state index contributed by atoms with van der Waals surface area (Å²) >= 11 is 0. The van der Waals surface area contributed by atoms with E-state index in [-0.39, 0.29) is 10.6 Å². The Balaban J connectivity index is 1.48. The highest BCUT2D eigenvalue weighted by Crippen LogP contribution is 2.30. The van der Waals surface area contributed by atoms with E-state index in [0.29, 0.717) is 12.2 Å². The minimum absolute atomic E-state index is 0.176. The van der Waals surface area contributed by atoms with E-state index in [4.69, 9.17) is 4.74 Å². The summed E-state index contributed by atoms with van der Waals surface area (Å²) in [5, 5.41) is 10.9. The highest BCUT2D eigenvalue weighted by Gasteiger charge is 2.25. The molecule has 0 amide bonds. The molecule has 6 nitrogen and oxygen atoms in total. The Labute approximate surface area is 156 Å². The third-order valence-electron chi connectivity index (χ3n) is 5.70. The molecule has 144 valence electrons. The summed E-state index contributed by atoms with van der Waals surface area (Å²) < 4.78 is 5.82. The second-order valence-electron chi connectivity index (χ2n) is 7.96. The molecule has 26 heavy (non-hydrogen) atoms. The van der Waals surface area contributed by atoms with E-state index in [0.717, 1.165) is 43.3 Å². The number of nitro groups is 1. The van der Waals surface area contributed by atoms with Gasteiger partial charge in [-0.2, -0.15) is 0 Å². The molecule has 0 bridgehead atoms. The van der Waals surface area contributed by atoms with Crippen LogP contribution in [0.4, 0.5) is 11.4 Å². The van der Waals surface area contributed by atoms with Gasteiger partial charge in [0.2, 0.25) is 0 Å². The van der Waals surface area contributed by atoms with Gasteiger partial charge >= 0.3 is 0 Å². The minimum atomic E-state index is -0.323. The Hall–Kier alpha value is -1.66. The molecule has 2 unspecified atom stereocenters. The molecule has 6 heteroatoms. The number of nitro benzene ring substituents is 1. The van der Waals surface area contributed by atoms with Crippen molar-refractivity contribution in [1.29, 1.82) is 0 Å². The molecule has 1 aromatic rings. The van der Waals surface area contributed by atoms with Crippen molar-refractivity contribution in [2.24, 2.45) is 5.92 Å². The summed E-state index contributed by atoms with van der Waals surface area (Å²) in [4.78, 5) is 15.5. The van der Waals surface area contributed by atoms with Crippen molar-refractivity contribution >= 4 is 11.4 Å². The van der Waals surface area contributed by atoms with Gasteiger partial charge in [-0.25, -0.2) is 0 Å². The Bertz CT molecular complexity index is 619. The maximum Gasteiger partial charge on any atom is 0.269 e. The molecular formula is C20H31N3O3. The number of non-ortho nitro benzene ring substituents is 1. The number of piperidine rings is 1. The van der Waals surface area contributed by atoms with Gasteiger partial charge in [-0.3, -0.25) is 15.0 Å². The molecule has 2 aliphatic heterocycles. The number of nitrogens with zero attached hydrogens (tertiary/aromatic N) is 3. The number of hydrogen-bond acceptors (Lipinski definition) is 5. The molecule has 0 saturated carbocycles. The topological polar surface area (TPSA) is 58.9 Å². The summed E-state index contributed by atoms with van der Waals surface area (Å²) in [5.74, 6) is 0.776. The zero-order valence-corrected chi connectivity index (χ0v) is 16.2. The first-order valence-electron chi connectivity index (χ1n) is 9.80. The maximum absolute atomic E-state index is 10.9. The number of morpholine rings is 1. The van der Waals surface area contributed by atoms with Crippen LogP contribution in [0.2, 0.25) is 0 Å². The molecule has 2 atom stereocenters. The van der Waals surface area contributed by atoms with E-state index in [1.807, 2.05) is 13.0 Å². The van der Waals surface area contributed by atoms with Crippen LogP contribution in [0.1, 0.15) is 38.7 Å². The molecule has 0 spiro atoms. The fourth-order valence-corrected chi connectivity index (χ4v) is 4.40. The van der Waals surface area contributed by atoms with Crippen LogP contribution in [0.15, 0.2) is 18.2 Å². The zero-order chi connectivity index (χ0) is 18.7. The predicted octanol–water partition coefficient (Wildman–Crippen LogP) is 3.62. The van der Waals surface area contributed by atoms with Gasteiger partial charge in [-0.1, -0.05) is 0 Å². The van der Waals surface area contributed by atoms with E-state index in [1.165, 1.54) is 25.8 Å². The summed E-state index contributed by atoms with van der Waals surface area (Å²) in [6.07, 6.45) is 4.33. The summed E-state index contributed by atoms with van der Waals surface area (Å²) in [7, 11) is 0. The van der Waals surface area contributed by atoms with Crippen molar-refractivity contribution in [2.45, 2.75) is 52.2 Å². The van der Waals surface area contributed by atoms with Crippen LogP contribution in [-0.2, 0) is 4.74 Å². The zero-order valence-electron chi connectivity index (χ0n) is 16.2. The van der Waals surface area contributed by atoms with Gasteiger partial charge in [0.25, 0.3) is 5.69 Å². The van der Waals surface area contributed by atoms with Crippen molar-refractivity contribution in [3.05, 3.63) is 33.9 Å². The van der Waals surface area contributed by atoms with Gasteiger partial charge in [0.1, 0.15) is 0 Å². The molecule has 0 aliphatic carbocycles. The molecule has 1 aromatic carbocycles. The third kappa shape index (κ3) is 4.74. The standard InChI is InChI=1S/C20H31N3O3/c1-15-12-19(23(24)25)4-5-20(15)22-10-7-18(8-11-22)6-9-21-13-16(2)26-17(3)14-21/h4-5,12,16-18H,6-11,13-14H2,1-3H3. The van der Waals surface area contributed by atoms with Gasteiger partial charge in [-0.05, 0) is 64.1 Å². The minimum Gasteiger partial charge on any atom is -0.373 e. The SMILES string of the molecule is Cc1cc([N+](=O)[O-])ccc1N1CCC(CCN2CC(C)OC(C)C2)CC1. The lowest BCUT2D eigenvalue weighted by Crippen LogP contribution is -2.46. The van der Waals surface area contributed by atoms with E-state index in [1.54, 1.807) is 12.1 Å². The van der Waals surface area contributed by atoms with Crippen LogP contribution in [-0.4, -0.2) is 54.8 Å². The number of ether oxygens (including phenoxy) is 1. The fourth-order valence-electron chi connectivity index (χ4n) is 4.40. The number of hydrogen-bond donors (Lipinski definition) is 0. The average Bonchev–Trinajstić information content (AvgIpc) is 2.59. The van der Waals surface area contributed by atoms with Crippen LogP contribution in [0.3, 0.4) is 0 Å². The van der Waals surface area contributed by atoms with Crippen molar-refractivity contribution in [3.8, 4) is 0 Å². The quantitative estimate of drug-likeness (QED) is 0.592. The lowest BCUT2D eigenvalue weighted by atomic mass is 9.92. The molecule has 0 N–H and O–H groups in total. The second-order valence-corrected chi connectivity index (χ2v) is 7.96. The number of rotatable bonds is 5. The monoisotopic (exact) mass is 361 g/mol. The normalized spacial score (nSPS) is 25.4. The van der Waals surface area contributed by atoms with Gasteiger partial charge in [0.15, 0.2) is 0 Å². The lowest BCUT2D eigenvalue weighted by Gasteiger charge is -2.38. The Morgan fingerprint density at radius 3 is 2.42 bits per heavy atom. The van der Waals surface area contributed by atoms with Crippen LogP contribution >= 0.6 is 0 Å². The third-order valence-corrected chi connectivity index (χ3v) is 5.70.